The average Bonchev–Trinajstić information content (AvgIpc) is 2.37. The second kappa shape index (κ2) is 2.67. The van der Waals surface area contributed by atoms with Gasteiger partial charge in [-0.05, 0) is 19.1 Å². The van der Waals surface area contributed by atoms with E-state index in [9.17, 15) is 4.39 Å². The summed E-state index contributed by atoms with van der Waals surface area (Å²) >= 11 is 0. The molecule has 9 heavy (non-hydrogen) atoms. The van der Waals surface area contributed by atoms with Crippen molar-refractivity contribution in [3.8, 4) is 0 Å². The van der Waals surface area contributed by atoms with Crippen molar-refractivity contribution >= 4 is 0 Å². The summed E-state index contributed by atoms with van der Waals surface area (Å²) in [5.41, 5.74) is 0. The van der Waals surface area contributed by atoms with Crippen LogP contribution >= 0.6 is 0 Å². The lowest BCUT2D eigenvalue weighted by Crippen LogP contribution is -2.03. The van der Waals surface area contributed by atoms with Gasteiger partial charge in [0.1, 0.15) is 6.67 Å². The molecule has 0 amide bonds. The van der Waals surface area contributed by atoms with Crippen molar-refractivity contribution in [1.82, 2.24) is 4.57 Å². The van der Waals surface area contributed by atoms with E-state index in [1.165, 1.54) is 0 Å². The Morgan fingerprint density at radius 2 is 2.00 bits per heavy atom. The minimum atomic E-state index is -0.297. The fourth-order valence-electron chi connectivity index (χ4n) is 0.721. The van der Waals surface area contributed by atoms with Gasteiger partial charge in [-0.2, -0.15) is 0 Å². The second-order valence-electron chi connectivity index (χ2n) is 2.13. The first kappa shape index (κ1) is 6.33. The highest BCUT2D eigenvalue weighted by molar-refractivity contribution is 4.92. The molecule has 2 heteroatoms. The van der Waals surface area contributed by atoms with Crippen LogP contribution in [0.2, 0.25) is 0 Å². The van der Waals surface area contributed by atoms with Crippen molar-refractivity contribution in [1.29, 1.82) is 0 Å². The Hall–Kier alpha value is -0.790. The van der Waals surface area contributed by atoms with E-state index >= 15 is 0 Å². The zero-order valence-corrected chi connectivity index (χ0v) is 5.42. The number of aromatic nitrogens is 1. The first-order valence-electron chi connectivity index (χ1n) is 3.03. The lowest BCUT2D eigenvalue weighted by molar-refractivity contribution is 0.378. The number of hydrogen-bond donors (Lipinski definition) is 0. The molecule has 1 aromatic rings. The molecule has 0 saturated heterocycles. The molecule has 0 aliphatic rings. The third kappa shape index (κ3) is 1.31. The number of nitrogens with zero attached hydrogens (tertiary/aromatic N) is 1. The van der Waals surface area contributed by atoms with Crippen LogP contribution in [0, 0.1) is 0 Å². The SMILES string of the molecule is CC(CF)n1cccc1. The number of halogens is 1. The first-order chi connectivity index (χ1) is 4.34. The smallest absolute Gasteiger partial charge is 0.110 e. The monoisotopic (exact) mass is 127 g/mol. The summed E-state index contributed by atoms with van der Waals surface area (Å²) in [5, 5.41) is 0. The van der Waals surface area contributed by atoms with Crippen molar-refractivity contribution in [2.45, 2.75) is 13.0 Å². The summed E-state index contributed by atoms with van der Waals surface area (Å²) < 4.78 is 13.8. The van der Waals surface area contributed by atoms with Crippen LogP contribution in [-0.2, 0) is 0 Å². The summed E-state index contributed by atoms with van der Waals surface area (Å²) in [6.07, 6.45) is 3.73. The van der Waals surface area contributed by atoms with Crippen molar-refractivity contribution in [3.05, 3.63) is 24.5 Å². The van der Waals surface area contributed by atoms with Crippen LogP contribution in [0.25, 0.3) is 0 Å². The summed E-state index contributed by atoms with van der Waals surface area (Å²) in [6, 6.07) is 3.78. The quantitative estimate of drug-likeness (QED) is 0.572. The van der Waals surface area contributed by atoms with Crippen molar-refractivity contribution in [2.24, 2.45) is 0 Å². The summed E-state index contributed by atoms with van der Waals surface area (Å²) in [5.74, 6) is 0. The van der Waals surface area contributed by atoms with E-state index in [-0.39, 0.29) is 12.7 Å². The van der Waals surface area contributed by atoms with Gasteiger partial charge in [0.2, 0.25) is 0 Å². The number of rotatable bonds is 2. The lowest BCUT2D eigenvalue weighted by Gasteiger charge is -2.06. The molecule has 0 N–H and O–H groups in total. The van der Waals surface area contributed by atoms with Gasteiger partial charge in [0, 0.05) is 12.4 Å². The summed E-state index contributed by atoms with van der Waals surface area (Å²) in [4.78, 5) is 0. The van der Waals surface area contributed by atoms with Gasteiger partial charge in [0.25, 0.3) is 0 Å². The molecule has 1 atom stereocenters. The highest BCUT2D eigenvalue weighted by Crippen LogP contribution is 2.04. The molecule has 0 spiro atoms. The molecular weight excluding hydrogens is 117 g/mol. The Morgan fingerprint density at radius 3 is 2.44 bits per heavy atom. The third-order valence-corrected chi connectivity index (χ3v) is 1.36. The number of hydrogen-bond acceptors (Lipinski definition) is 0. The van der Waals surface area contributed by atoms with Crippen LogP contribution in [0.15, 0.2) is 24.5 Å². The maximum Gasteiger partial charge on any atom is 0.110 e. The third-order valence-electron chi connectivity index (χ3n) is 1.36. The fourth-order valence-corrected chi connectivity index (χ4v) is 0.721. The van der Waals surface area contributed by atoms with Gasteiger partial charge in [-0.1, -0.05) is 0 Å². The molecule has 1 unspecified atom stereocenters. The topological polar surface area (TPSA) is 4.93 Å². The normalized spacial score (nSPS) is 13.6. The molecule has 1 nitrogen and oxygen atoms in total. The molecule has 0 saturated carbocycles. The highest BCUT2D eigenvalue weighted by atomic mass is 19.1. The molecule has 0 fully saturated rings. The van der Waals surface area contributed by atoms with E-state index in [0.717, 1.165) is 0 Å². The van der Waals surface area contributed by atoms with Crippen LogP contribution in [0.1, 0.15) is 13.0 Å². The standard InChI is InChI=1S/C7H10FN/c1-7(6-8)9-4-2-3-5-9/h2-5,7H,6H2,1H3. The zero-order valence-electron chi connectivity index (χ0n) is 5.42. The molecule has 1 aromatic heterocycles. The lowest BCUT2D eigenvalue weighted by atomic mass is 10.4. The molecule has 0 aliphatic heterocycles. The number of alkyl halides is 1. The van der Waals surface area contributed by atoms with E-state index in [4.69, 9.17) is 0 Å². The van der Waals surface area contributed by atoms with Crippen molar-refractivity contribution < 1.29 is 4.39 Å². The minimum absolute atomic E-state index is 0.0139. The van der Waals surface area contributed by atoms with E-state index in [0.29, 0.717) is 0 Å². The molecule has 1 heterocycles. The van der Waals surface area contributed by atoms with E-state index in [1.807, 2.05) is 36.0 Å². The van der Waals surface area contributed by atoms with E-state index in [2.05, 4.69) is 0 Å². The predicted octanol–water partition coefficient (Wildman–Crippen LogP) is 2.02. The minimum Gasteiger partial charge on any atom is -0.349 e. The van der Waals surface area contributed by atoms with Crippen LogP contribution in [0.3, 0.4) is 0 Å². The molecule has 0 radical (unpaired) electrons. The Bertz CT molecular complexity index is 157. The van der Waals surface area contributed by atoms with Gasteiger partial charge in [-0.3, -0.25) is 0 Å². The van der Waals surface area contributed by atoms with Gasteiger partial charge < -0.3 is 4.57 Å². The largest absolute Gasteiger partial charge is 0.349 e. The van der Waals surface area contributed by atoms with Gasteiger partial charge in [-0.25, -0.2) is 4.39 Å². The molecular formula is C7H10FN. The van der Waals surface area contributed by atoms with Gasteiger partial charge >= 0.3 is 0 Å². The Balaban J connectivity index is 2.65. The van der Waals surface area contributed by atoms with Crippen LogP contribution in [-0.4, -0.2) is 11.2 Å². The van der Waals surface area contributed by atoms with Gasteiger partial charge in [0.05, 0.1) is 6.04 Å². The van der Waals surface area contributed by atoms with Gasteiger partial charge in [0.15, 0.2) is 0 Å². The molecule has 0 aromatic carbocycles. The Labute approximate surface area is 54.1 Å². The molecule has 50 valence electrons. The maximum atomic E-state index is 11.9. The first-order valence-corrected chi connectivity index (χ1v) is 3.03. The molecule has 1 rings (SSSR count). The van der Waals surface area contributed by atoms with Gasteiger partial charge in [-0.15, -0.1) is 0 Å². The predicted molar refractivity (Wildman–Crippen MR) is 35.1 cm³/mol. The summed E-state index contributed by atoms with van der Waals surface area (Å²) in [7, 11) is 0. The zero-order chi connectivity index (χ0) is 6.69. The van der Waals surface area contributed by atoms with E-state index in [1.54, 1.807) is 0 Å². The van der Waals surface area contributed by atoms with Crippen LogP contribution < -0.4 is 0 Å². The second-order valence-corrected chi connectivity index (χ2v) is 2.13. The Morgan fingerprint density at radius 1 is 1.44 bits per heavy atom. The summed E-state index contributed by atoms with van der Waals surface area (Å²) in [6.45, 7) is 1.55. The van der Waals surface area contributed by atoms with Crippen molar-refractivity contribution in [2.75, 3.05) is 6.67 Å². The van der Waals surface area contributed by atoms with Crippen LogP contribution in [0.4, 0.5) is 4.39 Å². The maximum absolute atomic E-state index is 11.9. The van der Waals surface area contributed by atoms with Crippen LogP contribution in [0.5, 0.6) is 0 Å². The fraction of sp³-hybridized carbons (Fsp3) is 0.429. The van der Waals surface area contributed by atoms with E-state index < -0.39 is 0 Å². The molecule has 0 bridgehead atoms. The van der Waals surface area contributed by atoms with Crippen molar-refractivity contribution in [3.63, 3.8) is 0 Å². The molecule has 0 aliphatic carbocycles. The highest BCUT2D eigenvalue weighted by Gasteiger charge is 1.98. The Kier molecular flexibility index (Phi) is 1.88. The average molecular weight is 127 g/mol.